The van der Waals surface area contributed by atoms with Gasteiger partial charge in [-0.1, -0.05) is 6.07 Å². The molecule has 4 nitrogen and oxygen atoms in total. The summed E-state index contributed by atoms with van der Waals surface area (Å²) in [6.07, 6.45) is 1.57. The summed E-state index contributed by atoms with van der Waals surface area (Å²) in [7, 11) is 0. The lowest BCUT2D eigenvalue weighted by Crippen LogP contribution is -2.40. The molecular weight excluding hydrogens is 271 g/mol. The normalized spacial score (nSPS) is 19.2. The van der Waals surface area contributed by atoms with E-state index in [1.54, 1.807) is 13.0 Å². The summed E-state index contributed by atoms with van der Waals surface area (Å²) >= 11 is 0. The Morgan fingerprint density at radius 2 is 2.32 bits per heavy atom. The average Bonchev–Trinajstić information content (AvgIpc) is 2.51. The van der Waals surface area contributed by atoms with Crippen LogP contribution in [0.25, 0.3) is 0 Å². The summed E-state index contributed by atoms with van der Waals surface area (Å²) < 4.78 is 18.6. The van der Waals surface area contributed by atoms with Gasteiger partial charge in [0, 0.05) is 11.6 Å². The van der Waals surface area contributed by atoms with Crippen molar-refractivity contribution < 1.29 is 13.9 Å². The van der Waals surface area contributed by atoms with Crippen molar-refractivity contribution in [1.29, 1.82) is 0 Å². The van der Waals surface area contributed by atoms with Gasteiger partial charge in [-0.25, -0.2) is 4.39 Å². The van der Waals surface area contributed by atoms with Crippen LogP contribution in [-0.4, -0.2) is 18.6 Å². The van der Waals surface area contributed by atoms with E-state index in [0.717, 1.165) is 18.4 Å². The highest BCUT2D eigenvalue weighted by Gasteiger charge is 2.22. The molecule has 3 N–H and O–H groups in total. The van der Waals surface area contributed by atoms with Crippen molar-refractivity contribution in [3.05, 3.63) is 29.6 Å². The molecule has 2 rings (SSSR count). The number of halogens is 2. The highest BCUT2D eigenvalue weighted by Crippen LogP contribution is 2.31. The molecule has 0 aliphatic carbocycles. The highest BCUT2D eigenvalue weighted by molar-refractivity contribution is 5.85. The van der Waals surface area contributed by atoms with Crippen LogP contribution >= 0.6 is 12.4 Å². The number of carbonyl (C=O) groups is 1. The predicted molar refractivity (Wildman–Crippen MR) is 72.9 cm³/mol. The molecule has 0 aromatic heterocycles. The molecule has 0 radical (unpaired) electrons. The molecule has 1 aromatic rings. The zero-order valence-electron chi connectivity index (χ0n) is 10.7. The number of ether oxygens (including phenoxy) is 1. The van der Waals surface area contributed by atoms with E-state index in [4.69, 9.17) is 10.5 Å². The van der Waals surface area contributed by atoms with Crippen molar-refractivity contribution in [2.45, 2.75) is 31.8 Å². The molecule has 1 heterocycles. The van der Waals surface area contributed by atoms with Gasteiger partial charge in [0.15, 0.2) is 0 Å². The number of rotatable bonds is 2. The van der Waals surface area contributed by atoms with Crippen LogP contribution in [0.5, 0.6) is 5.75 Å². The molecular formula is C13H18ClFN2O2. The summed E-state index contributed by atoms with van der Waals surface area (Å²) in [5.41, 5.74) is 6.34. The second-order valence-corrected chi connectivity index (χ2v) is 4.52. The summed E-state index contributed by atoms with van der Waals surface area (Å²) in [6.45, 7) is 2.16. The standard InChI is InChI=1S/C13H17FN2O2.ClH/c1-8(15)13(17)16-11-3-2-6-18-12-7-9(14)4-5-10(11)12;/h4-5,7-8,11H,2-3,6,15H2,1H3,(H,16,17);1H. The van der Waals surface area contributed by atoms with Crippen LogP contribution < -0.4 is 15.8 Å². The fourth-order valence-corrected chi connectivity index (χ4v) is 2.00. The van der Waals surface area contributed by atoms with Crippen LogP contribution in [0, 0.1) is 5.82 Å². The molecule has 1 aromatic carbocycles. The minimum absolute atomic E-state index is 0. The molecule has 19 heavy (non-hydrogen) atoms. The first-order valence-electron chi connectivity index (χ1n) is 6.06. The van der Waals surface area contributed by atoms with E-state index >= 15 is 0 Å². The van der Waals surface area contributed by atoms with Crippen LogP contribution in [0.4, 0.5) is 4.39 Å². The number of amides is 1. The van der Waals surface area contributed by atoms with Gasteiger partial charge in [-0.3, -0.25) is 4.79 Å². The number of hydrogen-bond acceptors (Lipinski definition) is 3. The van der Waals surface area contributed by atoms with Crippen LogP contribution in [-0.2, 0) is 4.79 Å². The Morgan fingerprint density at radius 1 is 1.58 bits per heavy atom. The summed E-state index contributed by atoms with van der Waals surface area (Å²) in [5, 5.41) is 2.87. The molecule has 0 fully saturated rings. The lowest BCUT2D eigenvalue weighted by Gasteiger charge is -2.19. The van der Waals surface area contributed by atoms with Gasteiger partial charge in [0.25, 0.3) is 0 Å². The second kappa shape index (κ2) is 6.73. The first-order valence-corrected chi connectivity index (χ1v) is 6.06. The molecule has 1 amide bonds. The zero-order valence-corrected chi connectivity index (χ0v) is 11.5. The van der Waals surface area contributed by atoms with Crippen molar-refractivity contribution >= 4 is 18.3 Å². The van der Waals surface area contributed by atoms with Crippen molar-refractivity contribution in [2.24, 2.45) is 5.73 Å². The molecule has 6 heteroatoms. The summed E-state index contributed by atoms with van der Waals surface area (Å²) in [4.78, 5) is 11.6. The molecule has 0 spiro atoms. The quantitative estimate of drug-likeness (QED) is 0.874. The van der Waals surface area contributed by atoms with E-state index in [-0.39, 0.29) is 30.2 Å². The third kappa shape index (κ3) is 3.81. The van der Waals surface area contributed by atoms with Gasteiger partial charge in [-0.05, 0) is 25.8 Å². The van der Waals surface area contributed by atoms with Gasteiger partial charge in [-0.2, -0.15) is 0 Å². The number of nitrogens with one attached hydrogen (secondary N) is 1. The molecule has 1 aliphatic rings. The molecule has 2 unspecified atom stereocenters. The maximum absolute atomic E-state index is 13.2. The number of fused-ring (bicyclic) bond motifs is 1. The van der Waals surface area contributed by atoms with Crippen LogP contribution in [0.15, 0.2) is 18.2 Å². The minimum Gasteiger partial charge on any atom is -0.493 e. The molecule has 0 bridgehead atoms. The van der Waals surface area contributed by atoms with E-state index in [1.807, 2.05) is 0 Å². The first-order chi connectivity index (χ1) is 8.58. The Kier molecular flexibility index (Phi) is 5.57. The molecule has 0 saturated carbocycles. The monoisotopic (exact) mass is 288 g/mol. The van der Waals surface area contributed by atoms with E-state index in [1.165, 1.54) is 12.1 Å². The van der Waals surface area contributed by atoms with Crippen molar-refractivity contribution in [3.63, 3.8) is 0 Å². The minimum atomic E-state index is -0.557. The Hall–Kier alpha value is -1.33. The smallest absolute Gasteiger partial charge is 0.237 e. The molecule has 1 aliphatic heterocycles. The van der Waals surface area contributed by atoms with E-state index in [0.29, 0.717) is 12.4 Å². The summed E-state index contributed by atoms with van der Waals surface area (Å²) in [6, 6.07) is 3.66. The Bertz CT molecular complexity index is 454. The topological polar surface area (TPSA) is 64.4 Å². The lowest BCUT2D eigenvalue weighted by molar-refractivity contribution is -0.122. The SMILES string of the molecule is CC(N)C(=O)NC1CCCOc2cc(F)ccc21.Cl. The maximum Gasteiger partial charge on any atom is 0.237 e. The van der Waals surface area contributed by atoms with E-state index in [9.17, 15) is 9.18 Å². The van der Waals surface area contributed by atoms with Gasteiger partial charge >= 0.3 is 0 Å². The lowest BCUT2D eigenvalue weighted by atomic mass is 10.0. The van der Waals surface area contributed by atoms with E-state index in [2.05, 4.69) is 5.32 Å². The van der Waals surface area contributed by atoms with Gasteiger partial charge in [0.2, 0.25) is 5.91 Å². The second-order valence-electron chi connectivity index (χ2n) is 4.52. The molecule has 2 atom stereocenters. The number of carbonyl (C=O) groups excluding carboxylic acids is 1. The van der Waals surface area contributed by atoms with Crippen LogP contribution in [0.3, 0.4) is 0 Å². The van der Waals surface area contributed by atoms with Gasteiger partial charge in [0.1, 0.15) is 11.6 Å². The van der Waals surface area contributed by atoms with Crippen molar-refractivity contribution in [3.8, 4) is 5.75 Å². The van der Waals surface area contributed by atoms with Crippen molar-refractivity contribution in [1.82, 2.24) is 5.32 Å². The largest absolute Gasteiger partial charge is 0.493 e. The Labute approximate surface area is 117 Å². The number of benzene rings is 1. The third-order valence-corrected chi connectivity index (χ3v) is 2.98. The fourth-order valence-electron chi connectivity index (χ4n) is 2.00. The van der Waals surface area contributed by atoms with Gasteiger partial charge < -0.3 is 15.8 Å². The van der Waals surface area contributed by atoms with E-state index < -0.39 is 6.04 Å². The molecule has 0 saturated heterocycles. The number of nitrogens with two attached hydrogens (primary N) is 1. The van der Waals surface area contributed by atoms with Gasteiger partial charge in [-0.15, -0.1) is 12.4 Å². The Balaban J connectivity index is 0.00000180. The fraction of sp³-hybridized carbons (Fsp3) is 0.462. The maximum atomic E-state index is 13.2. The average molecular weight is 289 g/mol. The summed E-state index contributed by atoms with van der Waals surface area (Å²) in [5.74, 6) is -0.0485. The zero-order chi connectivity index (χ0) is 13.1. The predicted octanol–water partition coefficient (Wildman–Crippen LogP) is 1.92. The third-order valence-electron chi connectivity index (χ3n) is 2.98. The van der Waals surface area contributed by atoms with Crippen molar-refractivity contribution in [2.75, 3.05) is 6.61 Å². The number of hydrogen-bond donors (Lipinski definition) is 2. The van der Waals surface area contributed by atoms with Gasteiger partial charge in [0.05, 0.1) is 18.7 Å². The first kappa shape index (κ1) is 15.7. The molecule has 106 valence electrons. The highest BCUT2D eigenvalue weighted by atomic mass is 35.5. The Morgan fingerprint density at radius 3 is 3.00 bits per heavy atom. The van der Waals surface area contributed by atoms with Crippen LogP contribution in [0.1, 0.15) is 31.4 Å². The van der Waals surface area contributed by atoms with Crippen LogP contribution in [0.2, 0.25) is 0 Å².